The van der Waals surface area contributed by atoms with E-state index in [9.17, 15) is 13.2 Å². The van der Waals surface area contributed by atoms with E-state index in [2.05, 4.69) is 19.1 Å². The third-order valence-corrected chi connectivity index (χ3v) is 6.04. The van der Waals surface area contributed by atoms with Crippen molar-refractivity contribution in [2.75, 3.05) is 6.61 Å². The summed E-state index contributed by atoms with van der Waals surface area (Å²) in [5, 5.41) is 0. The fourth-order valence-corrected chi connectivity index (χ4v) is 3.79. The topological polar surface area (TPSA) is 93.8 Å². The minimum atomic E-state index is -4.28. The first-order valence-electron chi connectivity index (χ1n) is 11.3. The van der Waals surface area contributed by atoms with E-state index in [4.69, 9.17) is 14.0 Å². The summed E-state index contributed by atoms with van der Waals surface area (Å²) in [6.07, 6.45) is 14.6. The van der Waals surface area contributed by atoms with Crippen molar-refractivity contribution >= 4 is 58.2 Å². The summed E-state index contributed by atoms with van der Waals surface area (Å²) in [4.78, 5) is 11.5. The normalized spacial score (nSPS) is 10.6. The van der Waals surface area contributed by atoms with Crippen LogP contribution in [0.1, 0.15) is 63.9 Å². The number of halogens is 1. The average molecular weight is 525 g/mol. The third-order valence-electron chi connectivity index (χ3n) is 5.17. The van der Waals surface area contributed by atoms with E-state index in [1.807, 2.05) is 17.0 Å². The molecule has 0 aliphatic rings. The molecular formula is C24H36ClNNaO6S+. The number of unbranched alkanes of at least 4 members (excludes halogenated alkanes) is 7. The van der Waals surface area contributed by atoms with Crippen molar-refractivity contribution < 1.29 is 31.8 Å². The van der Waals surface area contributed by atoms with Gasteiger partial charge in [-0.1, -0.05) is 51.9 Å². The maximum atomic E-state index is 11.8. The van der Waals surface area contributed by atoms with E-state index in [1.54, 1.807) is 0 Å². The first-order chi connectivity index (χ1) is 15.4. The molecule has 1 aromatic carbocycles. The van der Waals surface area contributed by atoms with Crippen LogP contribution in [-0.2, 0) is 27.8 Å². The molecule has 0 atom stereocenters. The molecule has 0 spiro atoms. The van der Waals surface area contributed by atoms with Gasteiger partial charge in [-0.05, 0) is 42.7 Å². The van der Waals surface area contributed by atoms with Crippen LogP contribution in [0.25, 0.3) is 0 Å². The second kappa shape index (κ2) is 18.2. The van der Waals surface area contributed by atoms with Crippen LogP contribution in [0.4, 0.5) is 4.79 Å². The summed E-state index contributed by atoms with van der Waals surface area (Å²) in [6, 6.07) is 9.01. The SMILES string of the molecule is CCCCCCCCCCc1cc[n+](CCOC(=O)Oc2ccc(S(=O)(=O)O)cc2)cc1.Cl.[NaH]. The first-order valence-corrected chi connectivity index (χ1v) is 12.7. The van der Waals surface area contributed by atoms with Gasteiger partial charge in [0.1, 0.15) is 5.75 Å². The molecule has 0 fully saturated rings. The zero-order chi connectivity index (χ0) is 23.2. The van der Waals surface area contributed by atoms with Crippen molar-refractivity contribution in [3.05, 3.63) is 54.4 Å². The van der Waals surface area contributed by atoms with Gasteiger partial charge in [0.15, 0.2) is 25.5 Å². The number of carbonyl (C=O) groups is 1. The van der Waals surface area contributed by atoms with Crippen LogP contribution in [0.2, 0.25) is 0 Å². The molecule has 0 amide bonds. The van der Waals surface area contributed by atoms with E-state index in [-0.39, 0.29) is 59.2 Å². The molecule has 7 nitrogen and oxygen atoms in total. The van der Waals surface area contributed by atoms with Gasteiger partial charge in [-0.2, -0.15) is 8.42 Å². The minimum absolute atomic E-state index is 0. The van der Waals surface area contributed by atoms with Gasteiger partial charge in [-0.15, -0.1) is 12.4 Å². The third kappa shape index (κ3) is 13.7. The Balaban J connectivity index is 0.00000544. The Kier molecular flexibility index (Phi) is 17.5. The molecule has 1 heterocycles. The Morgan fingerprint density at radius 2 is 1.47 bits per heavy atom. The molecule has 10 heteroatoms. The number of rotatable bonds is 14. The summed E-state index contributed by atoms with van der Waals surface area (Å²) in [6.45, 7) is 2.88. The number of ether oxygens (including phenoxy) is 2. The predicted octanol–water partition coefficient (Wildman–Crippen LogP) is 4.89. The number of aryl methyl sites for hydroxylation is 1. The number of benzene rings is 1. The summed E-state index contributed by atoms with van der Waals surface area (Å²) in [7, 11) is -4.28. The van der Waals surface area contributed by atoms with E-state index < -0.39 is 16.3 Å². The van der Waals surface area contributed by atoms with Crippen LogP contribution in [0.3, 0.4) is 0 Å². The Morgan fingerprint density at radius 3 is 2.03 bits per heavy atom. The summed E-state index contributed by atoms with van der Waals surface area (Å²) in [5.41, 5.74) is 1.31. The molecule has 0 aliphatic heterocycles. The molecule has 34 heavy (non-hydrogen) atoms. The van der Waals surface area contributed by atoms with E-state index >= 15 is 0 Å². The van der Waals surface area contributed by atoms with Crippen LogP contribution in [0, 0.1) is 0 Å². The molecule has 0 saturated carbocycles. The standard InChI is InChI=1S/C24H33NO6S.ClH.Na.H/c1-2-3-4-5-6-7-8-9-10-21-15-17-25(18-16-21)19-20-30-24(26)31-22-11-13-23(14-12-22)32(27,28)29;;;/h11-18H,2-10,19-20H2,1H3;1H;;/p+1. The number of aromatic nitrogens is 1. The average Bonchev–Trinajstić information content (AvgIpc) is 2.76. The van der Waals surface area contributed by atoms with E-state index in [0.29, 0.717) is 6.54 Å². The van der Waals surface area contributed by atoms with Gasteiger partial charge in [0.2, 0.25) is 0 Å². The van der Waals surface area contributed by atoms with Gasteiger partial charge < -0.3 is 9.47 Å². The van der Waals surface area contributed by atoms with Gasteiger partial charge in [0, 0.05) is 12.1 Å². The Bertz CT molecular complexity index is 923. The monoisotopic (exact) mass is 524 g/mol. The molecule has 0 bridgehead atoms. The van der Waals surface area contributed by atoms with Crippen molar-refractivity contribution in [1.29, 1.82) is 0 Å². The summed E-state index contributed by atoms with van der Waals surface area (Å²) >= 11 is 0. The van der Waals surface area contributed by atoms with Gasteiger partial charge >= 0.3 is 35.7 Å². The van der Waals surface area contributed by atoms with Gasteiger partial charge in [-0.25, -0.2) is 9.36 Å². The molecule has 0 saturated heterocycles. The second-order valence-corrected chi connectivity index (χ2v) is 9.24. The van der Waals surface area contributed by atoms with Crippen LogP contribution >= 0.6 is 12.4 Å². The number of hydrogen-bond acceptors (Lipinski definition) is 5. The molecule has 2 rings (SSSR count). The molecule has 1 aromatic heterocycles. The second-order valence-electron chi connectivity index (χ2n) is 7.82. The quantitative estimate of drug-likeness (QED) is 0.0944. The number of nitrogens with zero attached hydrogens (tertiary/aromatic N) is 1. The van der Waals surface area contributed by atoms with E-state index in [0.717, 1.165) is 18.6 Å². The molecule has 0 radical (unpaired) electrons. The van der Waals surface area contributed by atoms with Crippen LogP contribution in [0.5, 0.6) is 5.75 Å². The van der Waals surface area contributed by atoms with E-state index in [1.165, 1.54) is 69.1 Å². The van der Waals surface area contributed by atoms with Crippen LogP contribution < -0.4 is 9.30 Å². The van der Waals surface area contributed by atoms with Crippen molar-refractivity contribution in [2.45, 2.75) is 76.2 Å². The van der Waals surface area contributed by atoms with Crippen molar-refractivity contribution in [3.63, 3.8) is 0 Å². The molecule has 186 valence electrons. The maximum absolute atomic E-state index is 11.8. The molecule has 1 N–H and O–H groups in total. The number of carbonyl (C=O) groups excluding carboxylic acids is 1. The predicted molar refractivity (Wildman–Crippen MR) is 136 cm³/mol. The van der Waals surface area contributed by atoms with Gasteiger partial charge in [-0.3, -0.25) is 4.55 Å². The Morgan fingerprint density at radius 1 is 0.912 bits per heavy atom. The molecular weight excluding hydrogens is 489 g/mol. The van der Waals surface area contributed by atoms with Crippen LogP contribution in [-0.4, -0.2) is 55.3 Å². The zero-order valence-corrected chi connectivity index (χ0v) is 20.8. The van der Waals surface area contributed by atoms with Gasteiger partial charge in [0.05, 0.1) is 4.90 Å². The van der Waals surface area contributed by atoms with Gasteiger partial charge in [0.25, 0.3) is 10.1 Å². The zero-order valence-electron chi connectivity index (χ0n) is 19.1. The fraction of sp³-hybridized carbons (Fsp3) is 0.500. The van der Waals surface area contributed by atoms with Crippen molar-refractivity contribution in [1.82, 2.24) is 0 Å². The first kappa shape index (κ1) is 32.8. The number of hydrogen-bond donors (Lipinski definition) is 1. The van der Waals surface area contributed by atoms with Crippen LogP contribution in [0.15, 0.2) is 53.7 Å². The molecule has 2 aromatic rings. The number of pyridine rings is 1. The van der Waals surface area contributed by atoms with Crippen molar-refractivity contribution in [3.8, 4) is 5.75 Å². The van der Waals surface area contributed by atoms with Crippen molar-refractivity contribution in [2.24, 2.45) is 0 Å². The Labute approximate surface area is 231 Å². The fourth-order valence-electron chi connectivity index (χ4n) is 3.31. The summed E-state index contributed by atoms with van der Waals surface area (Å²) < 4.78 is 42.9. The Hall–Kier alpha value is -1.16. The molecule has 0 aliphatic carbocycles. The summed E-state index contributed by atoms with van der Waals surface area (Å²) in [5.74, 6) is 0.125. The molecule has 0 unspecified atom stereocenters.